The molecule has 2 aromatic carbocycles. The summed E-state index contributed by atoms with van der Waals surface area (Å²) in [5.74, 6) is 7.61. The van der Waals surface area contributed by atoms with E-state index in [4.69, 9.17) is 5.84 Å². The van der Waals surface area contributed by atoms with Crippen LogP contribution in [0.1, 0.15) is 156 Å². The highest BCUT2D eigenvalue weighted by atomic mass is 16.2. The Labute approximate surface area is 343 Å². The van der Waals surface area contributed by atoms with Crippen LogP contribution in [0.5, 0.6) is 0 Å². The number of Topliss-reactive ketones (excluding diaryl/α,β-unsaturated/α-hetero) is 1. The Morgan fingerprint density at radius 1 is 0.839 bits per heavy atom. The molecule has 0 aliphatic carbocycles. The lowest BCUT2D eigenvalue weighted by Crippen LogP contribution is -2.56. The van der Waals surface area contributed by atoms with Gasteiger partial charge in [0.25, 0.3) is 0 Å². The van der Waals surface area contributed by atoms with Crippen molar-refractivity contribution in [3.8, 4) is 0 Å². The number of likely N-dealkylation sites (tertiary alicyclic amines) is 1. The number of benzene rings is 2. The van der Waals surface area contributed by atoms with Gasteiger partial charge in [-0.25, -0.2) is 15.6 Å². The molecule has 0 aromatic heterocycles. The second kappa shape index (κ2) is 27.4. The predicted molar refractivity (Wildman–Crippen MR) is 239 cm³/mol. The molecule has 0 bridgehead atoms. The van der Waals surface area contributed by atoms with Crippen LogP contribution in [0.4, 0.5) is 10.5 Å². The van der Waals surface area contributed by atoms with E-state index in [1.807, 2.05) is 54.0 Å². The number of carbonyl (C=O) groups excluding carboxylic acids is 3. The van der Waals surface area contributed by atoms with Crippen molar-refractivity contribution in [2.24, 2.45) is 23.6 Å². The first-order valence-electron chi connectivity index (χ1n) is 22.1. The Bertz CT molecular complexity index is 1410. The standard InChI is InChI=1S/C27H34N4O3.C11H25N.C8H18.C2H6/c1-18-8-9-21(14-19(18)2)15-23(20(3)32)16-26(33)29-12-10-24(11-13-29)30-17-22-6-4-5-7-25(22)31(28)27(30)34;1-6-8-12(11(4)5)9-7-10(2)3;1-4-6-8(3)7-5-2;1-2/h4-9,14,23-24H,10-13,15-17,28H2,1-3H3;10-11H,6-9H2,1-5H3;8H,4-7H2,1-3H3;1-2H3. The predicted octanol–water partition coefficient (Wildman–Crippen LogP) is 11.1. The van der Waals surface area contributed by atoms with Crippen molar-refractivity contribution in [2.45, 2.75) is 173 Å². The summed E-state index contributed by atoms with van der Waals surface area (Å²) in [4.78, 5) is 44.4. The van der Waals surface area contributed by atoms with E-state index in [0.717, 1.165) is 28.7 Å². The summed E-state index contributed by atoms with van der Waals surface area (Å²) in [5, 5.41) is 1.22. The summed E-state index contributed by atoms with van der Waals surface area (Å²) in [7, 11) is 0. The fourth-order valence-corrected chi connectivity index (χ4v) is 7.47. The quantitative estimate of drug-likeness (QED) is 0.135. The zero-order chi connectivity index (χ0) is 42.4. The van der Waals surface area contributed by atoms with Crippen molar-refractivity contribution in [3.05, 3.63) is 64.7 Å². The van der Waals surface area contributed by atoms with Gasteiger partial charge in [-0.15, -0.1) is 0 Å². The maximum Gasteiger partial charge on any atom is 0.339 e. The van der Waals surface area contributed by atoms with Gasteiger partial charge < -0.3 is 14.7 Å². The molecule has 1 saturated heterocycles. The number of fused-ring (bicyclic) bond motifs is 1. The highest BCUT2D eigenvalue weighted by molar-refractivity contribution is 5.94. The molecular formula is C48H83N5O3. The Balaban J connectivity index is 0.000000587. The molecule has 0 radical (unpaired) electrons. The highest BCUT2D eigenvalue weighted by Gasteiger charge is 2.36. The smallest absolute Gasteiger partial charge is 0.339 e. The SMILES string of the molecule is CC.CC(=O)C(CC(=O)N1CCC(N2Cc3ccccc3N(N)C2=O)CC1)Cc1ccc(C)c(C)c1.CCCC(C)CCC.CCCN(CCC(C)C)C(C)C. The van der Waals surface area contributed by atoms with E-state index < -0.39 is 0 Å². The van der Waals surface area contributed by atoms with Gasteiger partial charge in [-0.2, -0.15) is 0 Å². The van der Waals surface area contributed by atoms with E-state index in [9.17, 15) is 14.4 Å². The first kappa shape index (κ1) is 50.8. The number of rotatable bonds is 16. The second-order valence-corrected chi connectivity index (χ2v) is 16.7. The number of anilines is 1. The molecule has 1 atom stereocenters. The fraction of sp³-hybridized carbons (Fsp3) is 0.688. The maximum absolute atomic E-state index is 13.1. The van der Waals surface area contributed by atoms with Crippen LogP contribution < -0.4 is 10.9 Å². The van der Waals surface area contributed by atoms with E-state index in [-0.39, 0.29) is 36.1 Å². The zero-order valence-electron chi connectivity index (χ0n) is 38.1. The average Bonchev–Trinajstić information content (AvgIpc) is 3.17. The summed E-state index contributed by atoms with van der Waals surface area (Å²) in [5.41, 5.74) is 5.27. The Kier molecular flexibility index (Phi) is 24.9. The van der Waals surface area contributed by atoms with Gasteiger partial charge in [0.05, 0.1) is 5.69 Å². The number of piperidine rings is 1. The third-order valence-corrected chi connectivity index (χ3v) is 11.1. The van der Waals surface area contributed by atoms with Crippen LogP contribution in [0.3, 0.4) is 0 Å². The van der Waals surface area contributed by atoms with Crippen molar-refractivity contribution in [3.63, 3.8) is 0 Å². The van der Waals surface area contributed by atoms with Gasteiger partial charge in [-0.1, -0.05) is 117 Å². The van der Waals surface area contributed by atoms with Crippen molar-refractivity contribution in [1.29, 1.82) is 0 Å². The Morgan fingerprint density at radius 3 is 1.96 bits per heavy atom. The highest BCUT2D eigenvalue weighted by Crippen LogP contribution is 2.30. The van der Waals surface area contributed by atoms with E-state index in [2.05, 4.69) is 86.3 Å². The average molecular weight is 778 g/mol. The summed E-state index contributed by atoms with van der Waals surface area (Å²) in [6, 6.07) is 14.4. The molecule has 8 heteroatoms. The van der Waals surface area contributed by atoms with Crippen molar-refractivity contribution in [1.82, 2.24) is 14.7 Å². The van der Waals surface area contributed by atoms with Crippen molar-refractivity contribution >= 4 is 23.4 Å². The Hall–Kier alpha value is -3.23. The van der Waals surface area contributed by atoms with Crippen LogP contribution in [0.25, 0.3) is 0 Å². The molecule has 2 heterocycles. The van der Waals surface area contributed by atoms with Crippen LogP contribution in [-0.2, 0) is 22.6 Å². The molecule has 2 aliphatic heterocycles. The Morgan fingerprint density at radius 2 is 1.45 bits per heavy atom. The molecule has 8 nitrogen and oxygen atoms in total. The number of hydrazine groups is 1. The fourth-order valence-electron chi connectivity index (χ4n) is 7.47. The topological polar surface area (TPSA) is 90.2 Å². The maximum atomic E-state index is 13.1. The van der Waals surface area contributed by atoms with E-state index in [0.29, 0.717) is 44.9 Å². The number of hydrogen-bond donors (Lipinski definition) is 1. The molecule has 56 heavy (non-hydrogen) atoms. The first-order chi connectivity index (χ1) is 26.6. The second-order valence-electron chi connectivity index (χ2n) is 16.7. The van der Waals surface area contributed by atoms with Crippen LogP contribution in [0.2, 0.25) is 0 Å². The largest absolute Gasteiger partial charge is 0.343 e. The molecule has 1 fully saturated rings. The molecule has 1 unspecified atom stereocenters. The number of carbonyl (C=O) groups is 3. The molecular weight excluding hydrogens is 695 g/mol. The first-order valence-corrected chi connectivity index (χ1v) is 22.1. The summed E-state index contributed by atoms with van der Waals surface area (Å²) >= 11 is 0. The van der Waals surface area contributed by atoms with E-state index >= 15 is 0 Å². The lowest BCUT2D eigenvalue weighted by Gasteiger charge is -2.42. The molecule has 318 valence electrons. The number of nitrogens with two attached hydrogens (primary N) is 1. The van der Waals surface area contributed by atoms with Crippen LogP contribution in [0.15, 0.2) is 42.5 Å². The minimum absolute atomic E-state index is 0.0123. The lowest BCUT2D eigenvalue weighted by atomic mass is 9.90. The molecule has 2 aromatic rings. The molecule has 2 aliphatic rings. The number of ketones is 1. The van der Waals surface area contributed by atoms with E-state index in [1.165, 1.54) is 67.8 Å². The number of nitrogens with zero attached hydrogens (tertiary/aromatic N) is 4. The van der Waals surface area contributed by atoms with Gasteiger partial charge in [-0.3, -0.25) is 9.59 Å². The molecule has 0 saturated carbocycles. The molecule has 0 spiro atoms. The third-order valence-electron chi connectivity index (χ3n) is 11.1. The number of aryl methyl sites for hydroxylation is 2. The number of para-hydroxylation sites is 1. The minimum Gasteiger partial charge on any atom is -0.343 e. The monoisotopic (exact) mass is 778 g/mol. The minimum atomic E-state index is -0.321. The van der Waals surface area contributed by atoms with Gasteiger partial charge in [-0.05, 0) is 120 Å². The van der Waals surface area contributed by atoms with Gasteiger partial charge >= 0.3 is 6.03 Å². The molecule has 4 rings (SSSR count). The summed E-state index contributed by atoms with van der Waals surface area (Å²) in [6.45, 7) is 32.2. The molecule has 3 amide bonds. The summed E-state index contributed by atoms with van der Waals surface area (Å²) in [6.07, 6.45) is 10.3. The van der Waals surface area contributed by atoms with Crippen molar-refractivity contribution in [2.75, 3.05) is 31.2 Å². The van der Waals surface area contributed by atoms with Gasteiger partial charge in [0.2, 0.25) is 5.91 Å². The molecule has 2 N–H and O–H groups in total. The third kappa shape index (κ3) is 17.5. The van der Waals surface area contributed by atoms with Gasteiger partial charge in [0, 0.05) is 44.1 Å². The van der Waals surface area contributed by atoms with Gasteiger partial charge in [0.15, 0.2) is 0 Å². The normalized spacial score (nSPS) is 14.8. The van der Waals surface area contributed by atoms with Crippen molar-refractivity contribution < 1.29 is 14.4 Å². The number of urea groups is 1. The lowest BCUT2D eigenvalue weighted by molar-refractivity contribution is -0.136. The number of amides is 3. The van der Waals surface area contributed by atoms with Crippen LogP contribution in [-0.4, -0.2) is 70.7 Å². The van der Waals surface area contributed by atoms with Crippen LogP contribution >= 0.6 is 0 Å². The zero-order valence-corrected chi connectivity index (χ0v) is 38.1. The van der Waals surface area contributed by atoms with Gasteiger partial charge in [0.1, 0.15) is 5.78 Å². The number of hydrogen-bond acceptors (Lipinski definition) is 5. The van der Waals surface area contributed by atoms with Crippen LogP contribution in [0, 0.1) is 31.6 Å². The van der Waals surface area contributed by atoms with E-state index in [1.54, 1.807) is 6.92 Å². The summed E-state index contributed by atoms with van der Waals surface area (Å²) < 4.78 is 0.